The Kier molecular flexibility index (Phi) is 5.62. The average Bonchev–Trinajstić information content (AvgIpc) is 2.59. The molecule has 0 saturated heterocycles. The summed E-state index contributed by atoms with van der Waals surface area (Å²) in [6, 6.07) is 8.96. The van der Waals surface area contributed by atoms with Crippen molar-refractivity contribution >= 4 is 11.6 Å². The number of anilines is 1. The van der Waals surface area contributed by atoms with Crippen LogP contribution in [0.5, 0.6) is 0 Å². The fourth-order valence-corrected chi connectivity index (χ4v) is 2.90. The van der Waals surface area contributed by atoms with E-state index in [0.717, 1.165) is 25.9 Å². The summed E-state index contributed by atoms with van der Waals surface area (Å²) < 4.78 is 0. The Labute approximate surface area is 127 Å². The third-order valence-electron chi connectivity index (χ3n) is 3.93. The normalized spacial score (nSPS) is 19.6. The van der Waals surface area contributed by atoms with E-state index < -0.39 is 0 Å². The Bertz CT molecular complexity index is 475. The van der Waals surface area contributed by atoms with E-state index in [1.807, 2.05) is 6.07 Å². The van der Waals surface area contributed by atoms with Gasteiger partial charge >= 0.3 is 0 Å². The monoisotopic (exact) mass is 289 g/mol. The first-order valence-corrected chi connectivity index (χ1v) is 7.95. The second-order valence-corrected chi connectivity index (χ2v) is 6.05. The average molecular weight is 289 g/mol. The van der Waals surface area contributed by atoms with Gasteiger partial charge in [0.05, 0.1) is 6.54 Å². The third kappa shape index (κ3) is 4.46. The quantitative estimate of drug-likeness (QED) is 0.874. The van der Waals surface area contributed by atoms with Gasteiger partial charge in [-0.2, -0.15) is 0 Å². The molecule has 0 saturated carbocycles. The summed E-state index contributed by atoms with van der Waals surface area (Å²) >= 11 is 0. The minimum absolute atomic E-state index is 0.111. The van der Waals surface area contributed by atoms with E-state index >= 15 is 0 Å². The van der Waals surface area contributed by atoms with Crippen LogP contribution in [0.4, 0.5) is 5.69 Å². The van der Waals surface area contributed by atoms with E-state index in [9.17, 15) is 4.79 Å². The van der Waals surface area contributed by atoms with Crippen molar-refractivity contribution < 1.29 is 4.79 Å². The van der Waals surface area contributed by atoms with Crippen molar-refractivity contribution in [1.82, 2.24) is 10.6 Å². The van der Waals surface area contributed by atoms with Crippen molar-refractivity contribution in [2.75, 3.05) is 18.0 Å². The molecule has 1 aliphatic rings. The molecule has 1 aliphatic heterocycles. The maximum Gasteiger partial charge on any atom is 0.239 e. The van der Waals surface area contributed by atoms with Crippen LogP contribution in [0, 0.1) is 0 Å². The molecule has 0 spiro atoms. The van der Waals surface area contributed by atoms with Gasteiger partial charge in [-0.25, -0.2) is 0 Å². The fourth-order valence-electron chi connectivity index (χ4n) is 2.90. The number of nitrogens with zero attached hydrogens (tertiary/aromatic N) is 1. The lowest BCUT2D eigenvalue weighted by Gasteiger charge is -2.26. The van der Waals surface area contributed by atoms with Crippen molar-refractivity contribution in [2.45, 2.75) is 52.2 Å². The van der Waals surface area contributed by atoms with Gasteiger partial charge in [-0.3, -0.25) is 4.79 Å². The number of benzene rings is 1. The summed E-state index contributed by atoms with van der Waals surface area (Å²) in [6.07, 6.45) is 2.12. The van der Waals surface area contributed by atoms with Crippen molar-refractivity contribution in [1.29, 1.82) is 0 Å². The number of nitrogens with one attached hydrogen (secondary N) is 2. The minimum atomic E-state index is 0.111. The summed E-state index contributed by atoms with van der Waals surface area (Å²) in [7, 11) is 0. The van der Waals surface area contributed by atoms with E-state index in [1.165, 1.54) is 11.3 Å². The standard InChI is InChI=1S/C17H27N3O/c1-4-7-13(2)19-17(21)12-20-11-14(3)18-10-15-8-5-6-9-16(15)20/h5-6,8-9,13-14,18H,4,7,10-12H2,1-3H3,(H,19,21). The summed E-state index contributed by atoms with van der Waals surface area (Å²) in [6.45, 7) is 8.52. The van der Waals surface area contributed by atoms with E-state index in [1.54, 1.807) is 0 Å². The minimum Gasteiger partial charge on any atom is -0.360 e. The van der Waals surface area contributed by atoms with Crippen LogP contribution < -0.4 is 15.5 Å². The Balaban J connectivity index is 2.05. The molecule has 116 valence electrons. The third-order valence-corrected chi connectivity index (χ3v) is 3.93. The first-order chi connectivity index (χ1) is 10.1. The lowest BCUT2D eigenvalue weighted by atomic mass is 10.1. The van der Waals surface area contributed by atoms with Gasteiger partial charge in [0.2, 0.25) is 5.91 Å². The molecule has 2 N–H and O–H groups in total. The summed E-state index contributed by atoms with van der Waals surface area (Å²) in [5, 5.41) is 6.58. The summed E-state index contributed by atoms with van der Waals surface area (Å²) in [5.74, 6) is 0.111. The molecule has 2 unspecified atom stereocenters. The van der Waals surface area contributed by atoms with Gasteiger partial charge in [-0.1, -0.05) is 31.5 Å². The van der Waals surface area contributed by atoms with E-state index in [0.29, 0.717) is 12.6 Å². The first kappa shape index (κ1) is 15.8. The van der Waals surface area contributed by atoms with Gasteiger partial charge < -0.3 is 15.5 Å². The molecule has 0 aliphatic carbocycles. The van der Waals surface area contributed by atoms with E-state index in [2.05, 4.69) is 54.5 Å². The van der Waals surface area contributed by atoms with E-state index in [-0.39, 0.29) is 11.9 Å². The number of carbonyl (C=O) groups excluding carboxylic acids is 1. The van der Waals surface area contributed by atoms with Crippen LogP contribution in [0.2, 0.25) is 0 Å². The predicted octanol–water partition coefficient (Wildman–Crippen LogP) is 2.29. The van der Waals surface area contributed by atoms with Crippen LogP contribution >= 0.6 is 0 Å². The summed E-state index contributed by atoms with van der Waals surface area (Å²) in [4.78, 5) is 14.4. The topological polar surface area (TPSA) is 44.4 Å². The molecule has 1 amide bonds. The van der Waals surface area contributed by atoms with Crippen LogP contribution in [0.1, 0.15) is 39.2 Å². The smallest absolute Gasteiger partial charge is 0.239 e. The number of hydrogen-bond donors (Lipinski definition) is 2. The van der Waals surface area contributed by atoms with Crippen molar-refractivity contribution in [3.05, 3.63) is 29.8 Å². The van der Waals surface area contributed by atoms with Gasteiger partial charge in [-0.15, -0.1) is 0 Å². The van der Waals surface area contributed by atoms with Gasteiger partial charge in [-0.05, 0) is 31.9 Å². The Morgan fingerprint density at radius 1 is 1.48 bits per heavy atom. The molecule has 1 heterocycles. The van der Waals surface area contributed by atoms with Gasteiger partial charge in [0.25, 0.3) is 0 Å². The fraction of sp³-hybridized carbons (Fsp3) is 0.588. The van der Waals surface area contributed by atoms with Crippen LogP contribution in [-0.4, -0.2) is 31.1 Å². The molecular formula is C17H27N3O. The highest BCUT2D eigenvalue weighted by Crippen LogP contribution is 2.22. The number of para-hydroxylation sites is 1. The molecule has 0 bridgehead atoms. The maximum atomic E-state index is 12.3. The number of fused-ring (bicyclic) bond motifs is 1. The number of rotatable bonds is 5. The van der Waals surface area contributed by atoms with E-state index in [4.69, 9.17) is 0 Å². The lowest BCUT2D eigenvalue weighted by molar-refractivity contribution is -0.120. The number of carbonyl (C=O) groups is 1. The lowest BCUT2D eigenvalue weighted by Crippen LogP contribution is -2.44. The SMILES string of the molecule is CCCC(C)NC(=O)CN1CC(C)NCc2ccccc21. The van der Waals surface area contributed by atoms with Crippen LogP contribution in [0.3, 0.4) is 0 Å². The molecule has 2 atom stereocenters. The molecule has 0 fully saturated rings. The van der Waals surface area contributed by atoms with Crippen LogP contribution in [0.25, 0.3) is 0 Å². The molecule has 0 aromatic heterocycles. The molecular weight excluding hydrogens is 262 g/mol. The molecule has 1 aromatic rings. The molecule has 21 heavy (non-hydrogen) atoms. The Hall–Kier alpha value is -1.55. The second-order valence-electron chi connectivity index (χ2n) is 6.05. The van der Waals surface area contributed by atoms with Crippen molar-refractivity contribution in [3.8, 4) is 0 Å². The van der Waals surface area contributed by atoms with Crippen LogP contribution in [-0.2, 0) is 11.3 Å². The van der Waals surface area contributed by atoms with Gasteiger partial charge in [0, 0.05) is 30.9 Å². The molecule has 2 rings (SSSR count). The second kappa shape index (κ2) is 7.46. The molecule has 1 aromatic carbocycles. The molecule has 4 heteroatoms. The van der Waals surface area contributed by atoms with Crippen LogP contribution in [0.15, 0.2) is 24.3 Å². The molecule has 4 nitrogen and oxygen atoms in total. The zero-order valence-electron chi connectivity index (χ0n) is 13.4. The highest BCUT2D eigenvalue weighted by molar-refractivity contribution is 5.82. The van der Waals surface area contributed by atoms with Crippen molar-refractivity contribution in [3.63, 3.8) is 0 Å². The Morgan fingerprint density at radius 3 is 3.00 bits per heavy atom. The van der Waals surface area contributed by atoms with Crippen molar-refractivity contribution in [2.24, 2.45) is 0 Å². The number of amides is 1. The Morgan fingerprint density at radius 2 is 2.24 bits per heavy atom. The highest BCUT2D eigenvalue weighted by Gasteiger charge is 2.21. The first-order valence-electron chi connectivity index (χ1n) is 7.95. The number of hydrogen-bond acceptors (Lipinski definition) is 3. The zero-order valence-corrected chi connectivity index (χ0v) is 13.4. The molecule has 0 radical (unpaired) electrons. The summed E-state index contributed by atoms with van der Waals surface area (Å²) in [5.41, 5.74) is 2.43. The largest absolute Gasteiger partial charge is 0.360 e. The van der Waals surface area contributed by atoms with Gasteiger partial charge in [0.15, 0.2) is 0 Å². The maximum absolute atomic E-state index is 12.3. The zero-order chi connectivity index (χ0) is 15.2. The predicted molar refractivity (Wildman–Crippen MR) is 87.5 cm³/mol. The van der Waals surface area contributed by atoms with Gasteiger partial charge in [0.1, 0.15) is 0 Å². The highest BCUT2D eigenvalue weighted by atomic mass is 16.2.